The maximum atomic E-state index is 5.66. The predicted octanol–water partition coefficient (Wildman–Crippen LogP) is 3.56. The average Bonchev–Trinajstić information content (AvgIpc) is 1.49. The normalized spacial score (nSPS) is 14.0. The molecule has 0 radical (unpaired) electrons. The van der Waals surface area contributed by atoms with E-state index in [1.807, 2.05) is 48.2 Å². The van der Waals surface area contributed by atoms with Crippen molar-refractivity contribution < 1.29 is 9.05 Å². The van der Waals surface area contributed by atoms with E-state index in [9.17, 15) is 0 Å². The lowest BCUT2D eigenvalue weighted by Crippen LogP contribution is -2.21. The van der Waals surface area contributed by atoms with Crippen molar-refractivity contribution in [1.29, 1.82) is 0 Å². The third-order valence-electron chi connectivity index (χ3n) is 0.805. The van der Waals surface area contributed by atoms with Crippen LogP contribution in [0.1, 0.15) is 41.5 Å². The van der Waals surface area contributed by atoms with Gasteiger partial charge in [-0.2, -0.15) is 0 Å². The molecule has 0 spiro atoms. The molecule has 0 aromatic heterocycles. The van der Waals surface area contributed by atoms with Crippen LogP contribution in [0.5, 0.6) is 0 Å². The summed E-state index contributed by atoms with van der Waals surface area (Å²) in [7, 11) is -0.757. The lowest BCUT2D eigenvalue weighted by molar-refractivity contribution is 0.0754. The average molecular weight is 192 g/mol. The maximum Gasteiger partial charge on any atom is 0.168 e. The Balaban J connectivity index is 3.83. The second kappa shape index (κ2) is 4.04. The van der Waals surface area contributed by atoms with E-state index in [-0.39, 0.29) is 11.2 Å². The first-order chi connectivity index (χ1) is 5.10. The standard InChI is InChI=1S/C9H21O2P/c1-8(2,3)10-12(7)11-9(4,5)6/h1-7H3. The van der Waals surface area contributed by atoms with E-state index in [2.05, 4.69) is 0 Å². The monoisotopic (exact) mass is 192 g/mol. The van der Waals surface area contributed by atoms with Gasteiger partial charge in [0.25, 0.3) is 0 Å². The quantitative estimate of drug-likeness (QED) is 0.623. The molecule has 0 fully saturated rings. The molecule has 0 rings (SSSR count). The van der Waals surface area contributed by atoms with Gasteiger partial charge < -0.3 is 9.05 Å². The summed E-state index contributed by atoms with van der Waals surface area (Å²) in [5.74, 6) is 0. The highest BCUT2D eigenvalue weighted by Crippen LogP contribution is 2.42. The summed E-state index contributed by atoms with van der Waals surface area (Å²) in [5.41, 5.74) is -0.211. The third kappa shape index (κ3) is 8.45. The second-order valence-corrected chi connectivity index (χ2v) is 6.09. The van der Waals surface area contributed by atoms with Crippen molar-refractivity contribution in [1.82, 2.24) is 0 Å². The van der Waals surface area contributed by atoms with Gasteiger partial charge in [0.15, 0.2) is 8.38 Å². The lowest BCUT2D eigenvalue weighted by Gasteiger charge is -2.29. The minimum absolute atomic E-state index is 0.105. The van der Waals surface area contributed by atoms with E-state index in [0.717, 1.165) is 0 Å². The molecule has 12 heavy (non-hydrogen) atoms. The highest BCUT2D eigenvalue weighted by molar-refractivity contribution is 7.46. The van der Waals surface area contributed by atoms with Crippen LogP contribution in [0.3, 0.4) is 0 Å². The van der Waals surface area contributed by atoms with Crippen LogP contribution in [-0.4, -0.2) is 17.9 Å². The van der Waals surface area contributed by atoms with Gasteiger partial charge >= 0.3 is 0 Å². The molecule has 3 heteroatoms. The Hall–Kier alpha value is 0.350. The zero-order valence-corrected chi connectivity index (χ0v) is 10.2. The van der Waals surface area contributed by atoms with Gasteiger partial charge in [0.2, 0.25) is 0 Å². The van der Waals surface area contributed by atoms with Crippen molar-refractivity contribution >= 4 is 8.38 Å². The fraction of sp³-hybridized carbons (Fsp3) is 1.00. The molecule has 0 N–H and O–H groups in total. The molecule has 0 bridgehead atoms. The molecule has 0 amide bonds. The molecular formula is C9H21O2P. The zero-order valence-electron chi connectivity index (χ0n) is 9.26. The van der Waals surface area contributed by atoms with E-state index in [0.29, 0.717) is 0 Å². The molecular weight excluding hydrogens is 171 g/mol. The van der Waals surface area contributed by atoms with Gasteiger partial charge in [-0.15, -0.1) is 0 Å². The predicted molar refractivity (Wildman–Crippen MR) is 54.5 cm³/mol. The molecule has 74 valence electrons. The van der Waals surface area contributed by atoms with Crippen LogP contribution >= 0.6 is 8.38 Å². The first-order valence-corrected chi connectivity index (χ1v) is 5.85. The summed E-state index contributed by atoms with van der Waals surface area (Å²) in [5, 5.41) is 0. The first-order valence-electron chi connectivity index (χ1n) is 4.22. The minimum atomic E-state index is -0.757. The van der Waals surface area contributed by atoms with E-state index >= 15 is 0 Å². The van der Waals surface area contributed by atoms with Crippen molar-refractivity contribution in [3.05, 3.63) is 0 Å². The Morgan fingerprint density at radius 2 is 1.00 bits per heavy atom. The van der Waals surface area contributed by atoms with Crippen molar-refractivity contribution in [2.75, 3.05) is 6.66 Å². The summed E-state index contributed by atoms with van der Waals surface area (Å²) in [4.78, 5) is 0. The van der Waals surface area contributed by atoms with Crippen LogP contribution in [0, 0.1) is 0 Å². The van der Waals surface area contributed by atoms with Gasteiger partial charge in [0.1, 0.15) is 0 Å². The lowest BCUT2D eigenvalue weighted by atomic mass is 10.2. The van der Waals surface area contributed by atoms with E-state index in [1.54, 1.807) is 0 Å². The van der Waals surface area contributed by atoms with Crippen molar-refractivity contribution in [3.63, 3.8) is 0 Å². The largest absolute Gasteiger partial charge is 0.328 e. The van der Waals surface area contributed by atoms with Crippen molar-refractivity contribution in [3.8, 4) is 0 Å². The smallest absolute Gasteiger partial charge is 0.168 e. The SMILES string of the molecule is CP(OC(C)(C)C)OC(C)(C)C. The molecule has 0 atom stereocenters. The van der Waals surface area contributed by atoms with Gasteiger partial charge in [0.05, 0.1) is 11.2 Å². The van der Waals surface area contributed by atoms with Crippen LogP contribution < -0.4 is 0 Å². The Kier molecular flexibility index (Phi) is 4.16. The number of hydrogen-bond acceptors (Lipinski definition) is 2. The molecule has 0 aromatic rings. The van der Waals surface area contributed by atoms with Gasteiger partial charge in [-0.3, -0.25) is 0 Å². The van der Waals surface area contributed by atoms with E-state index in [1.165, 1.54) is 0 Å². The zero-order chi connectivity index (χ0) is 9.99. The van der Waals surface area contributed by atoms with Gasteiger partial charge in [0, 0.05) is 6.66 Å². The van der Waals surface area contributed by atoms with Crippen LogP contribution in [0.25, 0.3) is 0 Å². The minimum Gasteiger partial charge on any atom is -0.328 e. The van der Waals surface area contributed by atoms with E-state index < -0.39 is 8.38 Å². The Labute approximate surface area is 77.6 Å². The molecule has 0 heterocycles. The van der Waals surface area contributed by atoms with E-state index in [4.69, 9.17) is 9.05 Å². The van der Waals surface area contributed by atoms with Crippen molar-refractivity contribution in [2.24, 2.45) is 0 Å². The molecule has 0 unspecified atom stereocenters. The van der Waals surface area contributed by atoms with Crippen LogP contribution in [0.15, 0.2) is 0 Å². The Bertz CT molecular complexity index is 116. The Morgan fingerprint density at radius 1 is 0.750 bits per heavy atom. The van der Waals surface area contributed by atoms with Gasteiger partial charge in [-0.05, 0) is 41.5 Å². The molecule has 0 aliphatic heterocycles. The van der Waals surface area contributed by atoms with Crippen molar-refractivity contribution in [2.45, 2.75) is 52.7 Å². The van der Waals surface area contributed by atoms with Crippen LogP contribution in [0.2, 0.25) is 0 Å². The molecule has 2 nitrogen and oxygen atoms in total. The highest BCUT2D eigenvalue weighted by atomic mass is 31.2. The topological polar surface area (TPSA) is 18.5 Å². The fourth-order valence-corrected chi connectivity index (χ4v) is 2.37. The number of rotatable bonds is 2. The Morgan fingerprint density at radius 3 is 1.17 bits per heavy atom. The maximum absolute atomic E-state index is 5.66. The van der Waals surface area contributed by atoms with Crippen LogP contribution in [0.4, 0.5) is 0 Å². The molecule has 0 aromatic carbocycles. The summed E-state index contributed by atoms with van der Waals surface area (Å²) >= 11 is 0. The molecule has 0 saturated heterocycles. The molecule has 0 aliphatic carbocycles. The summed E-state index contributed by atoms with van der Waals surface area (Å²) in [6.07, 6.45) is 0. The molecule has 0 aliphatic rings. The number of hydrogen-bond donors (Lipinski definition) is 0. The van der Waals surface area contributed by atoms with Crippen LogP contribution in [-0.2, 0) is 9.05 Å². The fourth-order valence-electron chi connectivity index (χ4n) is 0.790. The molecule has 0 saturated carbocycles. The van der Waals surface area contributed by atoms with Gasteiger partial charge in [-0.1, -0.05) is 0 Å². The third-order valence-corrected chi connectivity index (χ3v) is 2.41. The van der Waals surface area contributed by atoms with Gasteiger partial charge in [-0.25, -0.2) is 0 Å². The summed E-state index contributed by atoms with van der Waals surface area (Å²) < 4.78 is 11.3. The summed E-state index contributed by atoms with van der Waals surface area (Å²) in [6, 6.07) is 0. The second-order valence-electron chi connectivity index (χ2n) is 4.85. The summed E-state index contributed by atoms with van der Waals surface area (Å²) in [6.45, 7) is 14.2. The first kappa shape index (κ1) is 12.3. The highest BCUT2D eigenvalue weighted by Gasteiger charge is 2.21.